The molecule has 0 radical (unpaired) electrons. The lowest BCUT2D eigenvalue weighted by molar-refractivity contribution is -0.120. The van der Waals surface area contributed by atoms with Crippen LogP contribution in [0.4, 0.5) is 0 Å². The third kappa shape index (κ3) is 8.17. The summed E-state index contributed by atoms with van der Waals surface area (Å²) in [5.41, 5.74) is 12.0. The van der Waals surface area contributed by atoms with E-state index in [1.807, 2.05) is 0 Å². The number of nitrogens with two attached hydrogens (primary N) is 2. The van der Waals surface area contributed by atoms with Crippen LogP contribution in [0.5, 0.6) is 11.5 Å². The Balaban J connectivity index is 1.50. The maximum Gasteiger partial charge on any atom is 0.338 e. The van der Waals surface area contributed by atoms with Gasteiger partial charge in [-0.2, -0.15) is 0 Å². The highest BCUT2D eigenvalue weighted by Gasteiger charge is 2.12. The van der Waals surface area contributed by atoms with Crippen molar-refractivity contribution >= 4 is 23.8 Å². The molecule has 36 heavy (non-hydrogen) atoms. The average Bonchev–Trinajstić information content (AvgIpc) is 2.88. The molecule has 0 aliphatic carbocycles. The first-order chi connectivity index (χ1) is 17.3. The molecule has 0 aliphatic heterocycles. The number of ether oxygens (including phenoxy) is 4. The van der Waals surface area contributed by atoms with Gasteiger partial charge in [0, 0.05) is 0 Å². The fourth-order valence-corrected chi connectivity index (χ4v) is 2.97. The summed E-state index contributed by atoms with van der Waals surface area (Å²) in [6.07, 6.45) is 0. The molecule has 3 rings (SSSR count). The zero-order valence-electron chi connectivity index (χ0n) is 19.2. The van der Waals surface area contributed by atoms with E-state index in [9.17, 15) is 19.2 Å². The van der Waals surface area contributed by atoms with Crippen molar-refractivity contribution in [2.75, 3.05) is 13.2 Å². The normalized spacial score (nSPS) is 10.2. The van der Waals surface area contributed by atoms with E-state index in [2.05, 4.69) is 0 Å². The molecule has 3 aromatic rings. The lowest BCUT2D eigenvalue weighted by Crippen LogP contribution is -2.20. The Morgan fingerprint density at radius 1 is 0.583 bits per heavy atom. The summed E-state index contributed by atoms with van der Waals surface area (Å²) >= 11 is 0. The van der Waals surface area contributed by atoms with Gasteiger partial charge in [-0.3, -0.25) is 9.59 Å². The van der Waals surface area contributed by atoms with Crippen LogP contribution in [0.3, 0.4) is 0 Å². The number of benzene rings is 3. The number of carbonyl (C=O) groups is 4. The van der Waals surface area contributed by atoms with E-state index in [1.165, 1.54) is 24.3 Å². The highest BCUT2D eigenvalue weighted by Crippen LogP contribution is 2.17. The minimum Gasteiger partial charge on any atom is -0.484 e. The van der Waals surface area contributed by atoms with E-state index in [0.29, 0.717) is 22.6 Å². The molecule has 0 bridgehead atoms. The number of hydrogen-bond donors (Lipinski definition) is 2. The fourth-order valence-electron chi connectivity index (χ4n) is 2.97. The third-order valence-electron chi connectivity index (χ3n) is 4.66. The van der Waals surface area contributed by atoms with Gasteiger partial charge in [0.05, 0.1) is 11.1 Å². The zero-order valence-corrected chi connectivity index (χ0v) is 19.2. The quantitative estimate of drug-likeness (QED) is 0.364. The van der Waals surface area contributed by atoms with Gasteiger partial charge in [0.1, 0.15) is 24.7 Å². The molecule has 186 valence electrons. The molecule has 0 saturated heterocycles. The predicted octanol–water partition coefficient (Wildman–Crippen LogP) is 2.13. The van der Waals surface area contributed by atoms with Crippen molar-refractivity contribution in [3.8, 4) is 11.5 Å². The summed E-state index contributed by atoms with van der Waals surface area (Å²) < 4.78 is 21.1. The van der Waals surface area contributed by atoms with Crippen molar-refractivity contribution in [3.63, 3.8) is 0 Å². The monoisotopic (exact) mass is 492 g/mol. The van der Waals surface area contributed by atoms with E-state index in [1.54, 1.807) is 48.5 Å². The standard InChI is InChI=1S/C26H24N2O8/c27-23(29)15-33-21-5-1-3-17(11-21)13-35-25(31)19-7-9-20(10-8-19)26(32)36-14-18-4-2-6-22(12-18)34-16-24(28)30/h1-12H,13-16H2,(H2,27,29)(H2,28,30). The second-order valence-corrected chi connectivity index (χ2v) is 7.53. The largest absolute Gasteiger partial charge is 0.484 e. The first-order valence-corrected chi connectivity index (χ1v) is 10.7. The lowest BCUT2D eigenvalue weighted by Gasteiger charge is -2.09. The Hall–Kier alpha value is -4.86. The topological polar surface area (TPSA) is 157 Å². The number of primary amides is 2. The summed E-state index contributed by atoms with van der Waals surface area (Å²) in [4.78, 5) is 46.4. The molecule has 0 aliphatic rings. The summed E-state index contributed by atoms with van der Waals surface area (Å²) in [5.74, 6) is -1.50. The van der Waals surface area contributed by atoms with E-state index in [-0.39, 0.29) is 37.6 Å². The van der Waals surface area contributed by atoms with Gasteiger partial charge in [0.15, 0.2) is 13.2 Å². The van der Waals surface area contributed by atoms with Crippen LogP contribution in [0, 0.1) is 0 Å². The minimum atomic E-state index is -0.597. The van der Waals surface area contributed by atoms with Gasteiger partial charge in [0.2, 0.25) is 0 Å². The van der Waals surface area contributed by atoms with Gasteiger partial charge in [-0.05, 0) is 59.7 Å². The summed E-state index contributed by atoms with van der Waals surface area (Å²) in [6, 6.07) is 19.3. The Bertz CT molecular complexity index is 1140. The molecule has 2 amide bonds. The van der Waals surface area contributed by atoms with Crippen LogP contribution >= 0.6 is 0 Å². The van der Waals surface area contributed by atoms with Crippen LogP contribution in [-0.4, -0.2) is 37.0 Å². The molecule has 10 heteroatoms. The van der Waals surface area contributed by atoms with Gasteiger partial charge in [-0.25, -0.2) is 9.59 Å². The van der Waals surface area contributed by atoms with Crippen LogP contribution in [0.15, 0.2) is 72.8 Å². The third-order valence-corrected chi connectivity index (χ3v) is 4.66. The molecule has 0 aromatic heterocycles. The van der Waals surface area contributed by atoms with Crippen LogP contribution in [0.1, 0.15) is 31.8 Å². The van der Waals surface area contributed by atoms with E-state index in [4.69, 9.17) is 30.4 Å². The summed E-state index contributed by atoms with van der Waals surface area (Å²) in [5, 5.41) is 0. The van der Waals surface area contributed by atoms with Gasteiger partial charge < -0.3 is 30.4 Å². The van der Waals surface area contributed by atoms with Crippen molar-refractivity contribution in [2.45, 2.75) is 13.2 Å². The Kier molecular flexibility index (Phi) is 8.99. The molecule has 4 N–H and O–H groups in total. The summed E-state index contributed by atoms with van der Waals surface area (Å²) in [6.45, 7) is -0.539. The molecule has 0 fully saturated rings. The van der Waals surface area contributed by atoms with Crippen LogP contribution < -0.4 is 20.9 Å². The van der Waals surface area contributed by atoms with Gasteiger partial charge in [-0.15, -0.1) is 0 Å². The minimum absolute atomic E-state index is 0.0153. The Morgan fingerprint density at radius 2 is 0.972 bits per heavy atom. The van der Waals surface area contributed by atoms with Crippen molar-refractivity contribution in [3.05, 3.63) is 95.1 Å². The smallest absolute Gasteiger partial charge is 0.338 e. The molecule has 0 spiro atoms. The molecular formula is C26H24N2O8. The first kappa shape index (κ1) is 25.8. The first-order valence-electron chi connectivity index (χ1n) is 10.7. The lowest BCUT2D eigenvalue weighted by atomic mass is 10.1. The van der Waals surface area contributed by atoms with Crippen LogP contribution in [-0.2, 0) is 32.3 Å². The van der Waals surface area contributed by atoms with Crippen molar-refractivity contribution in [1.82, 2.24) is 0 Å². The van der Waals surface area contributed by atoms with E-state index >= 15 is 0 Å². The predicted molar refractivity (Wildman–Crippen MR) is 127 cm³/mol. The second-order valence-electron chi connectivity index (χ2n) is 7.53. The van der Waals surface area contributed by atoms with Crippen molar-refractivity contribution in [1.29, 1.82) is 0 Å². The Morgan fingerprint density at radius 3 is 1.33 bits per heavy atom. The highest BCUT2D eigenvalue weighted by atomic mass is 16.5. The number of amides is 2. The SMILES string of the molecule is NC(=O)COc1cccc(COC(=O)c2ccc(C(=O)OCc3cccc(OCC(N)=O)c3)cc2)c1. The fraction of sp³-hybridized carbons (Fsp3) is 0.154. The maximum atomic E-state index is 12.4. The van der Waals surface area contributed by atoms with Crippen LogP contribution in [0.25, 0.3) is 0 Å². The molecule has 0 heterocycles. The molecule has 0 saturated carbocycles. The average molecular weight is 492 g/mol. The zero-order chi connectivity index (χ0) is 25.9. The number of carbonyl (C=O) groups excluding carboxylic acids is 4. The molecule has 10 nitrogen and oxygen atoms in total. The van der Waals surface area contributed by atoms with Crippen LogP contribution in [0.2, 0.25) is 0 Å². The van der Waals surface area contributed by atoms with Crippen molar-refractivity contribution < 1.29 is 38.1 Å². The second kappa shape index (κ2) is 12.6. The molecule has 0 unspecified atom stereocenters. The van der Waals surface area contributed by atoms with Gasteiger partial charge in [-0.1, -0.05) is 24.3 Å². The molecular weight excluding hydrogens is 468 g/mol. The number of hydrogen-bond acceptors (Lipinski definition) is 8. The van der Waals surface area contributed by atoms with E-state index < -0.39 is 23.8 Å². The number of rotatable bonds is 12. The number of esters is 2. The van der Waals surface area contributed by atoms with Crippen molar-refractivity contribution in [2.24, 2.45) is 11.5 Å². The molecule has 3 aromatic carbocycles. The van der Waals surface area contributed by atoms with E-state index in [0.717, 1.165) is 0 Å². The Labute approximate surface area is 206 Å². The maximum absolute atomic E-state index is 12.4. The van der Waals surface area contributed by atoms with Gasteiger partial charge in [0.25, 0.3) is 11.8 Å². The molecule has 0 atom stereocenters. The summed E-state index contributed by atoms with van der Waals surface area (Å²) in [7, 11) is 0. The highest BCUT2D eigenvalue weighted by molar-refractivity contribution is 5.93. The van der Waals surface area contributed by atoms with Gasteiger partial charge >= 0.3 is 11.9 Å².